The average Bonchev–Trinajstić information content (AvgIpc) is 2.17. The van der Waals surface area contributed by atoms with Crippen molar-refractivity contribution in [2.24, 2.45) is 0 Å². The fourth-order valence-corrected chi connectivity index (χ4v) is 1.74. The minimum absolute atomic E-state index is 0.234. The van der Waals surface area contributed by atoms with Crippen LogP contribution in [0.5, 0.6) is 0 Å². The van der Waals surface area contributed by atoms with Gasteiger partial charge in [0.2, 0.25) is 0 Å². The molecule has 1 rings (SSSR count). The Morgan fingerprint density at radius 1 is 1.44 bits per heavy atom. The minimum Gasteiger partial charge on any atom is -0.304 e. The molecule has 0 aliphatic rings. The van der Waals surface area contributed by atoms with Crippen LogP contribution in [0.3, 0.4) is 0 Å². The fraction of sp³-hybridized carbons (Fsp3) is 0.583. The van der Waals surface area contributed by atoms with Gasteiger partial charge in [0.05, 0.1) is 5.69 Å². The fourth-order valence-electron chi connectivity index (χ4n) is 1.11. The molecule has 0 aliphatic heterocycles. The van der Waals surface area contributed by atoms with Crippen LogP contribution >= 0.6 is 11.8 Å². The van der Waals surface area contributed by atoms with Crippen molar-refractivity contribution in [3.05, 3.63) is 29.3 Å². The van der Waals surface area contributed by atoms with E-state index in [1.807, 2.05) is 11.8 Å². The first-order valence-corrected chi connectivity index (χ1v) is 6.33. The molecule has 2 nitrogen and oxygen atoms in total. The van der Waals surface area contributed by atoms with E-state index in [0.29, 0.717) is 12.2 Å². The third-order valence-electron chi connectivity index (χ3n) is 2.02. The van der Waals surface area contributed by atoms with Gasteiger partial charge in [0.25, 0.3) is 0 Å². The highest BCUT2D eigenvalue weighted by Crippen LogP contribution is 2.21. The Hall–Kier alpha value is -0.610. The molecule has 1 aromatic rings. The number of hydrogen-bond donors (Lipinski definition) is 1. The van der Waals surface area contributed by atoms with E-state index in [2.05, 4.69) is 31.1 Å². The Balaban J connectivity index is 2.35. The molecule has 0 aromatic carbocycles. The van der Waals surface area contributed by atoms with Crippen molar-refractivity contribution in [1.82, 2.24) is 10.3 Å². The van der Waals surface area contributed by atoms with Gasteiger partial charge in [0, 0.05) is 23.4 Å². The van der Waals surface area contributed by atoms with Gasteiger partial charge in [-0.1, -0.05) is 20.8 Å². The van der Waals surface area contributed by atoms with E-state index in [4.69, 9.17) is 0 Å². The number of rotatable bonds is 4. The highest BCUT2D eigenvalue weighted by Gasteiger charge is 2.09. The number of halogens is 1. The normalized spacial score (nSPS) is 11.8. The second-order valence-electron chi connectivity index (χ2n) is 4.74. The summed E-state index contributed by atoms with van der Waals surface area (Å²) in [4.78, 5) is 3.98. The van der Waals surface area contributed by atoms with E-state index in [1.54, 1.807) is 13.1 Å². The molecule has 0 atom stereocenters. The molecule has 0 radical (unpaired) electrons. The number of nitrogens with zero attached hydrogens (tertiary/aromatic N) is 1. The zero-order valence-electron chi connectivity index (χ0n) is 10.3. The van der Waals surface area contributed by atoms with Crippen LogP contribution in [-0.2, 0) is 6.54 Å². The number of pyridine rings is 1. The maximum Gasteiger partial charge on any atom is 0.144 e. The SMILES string of the molecule is Cc1ncc(CNCSC(C)(C)C)cc1F. The monoisotopic (exact) mass is 242 g/mol. The summed E-state index contributed by atoms with van der Waals surface area (Å²) >= 11 is 1.83. The van der Waals surface area contributed by atoms with E-state index in [1.165, 1.54) is 6.07 Å². The number of aromatic nitrogens is 1. The Morgan fingerprint density at radius 2 is 2.12 bits per heavy atom. The lowest BCUT2D eigenvalue weighted by atomic mass is 10.2. The zero-order chi connectivity index (χ0) is 12.2. The Labute approximate surface area is 101 Å². The van der Waals surface area contributed by atoms with Crippen LogP contribution in [0.15, 0.2) is 12.3 Å². The van der Waals surface area contributed by atoms with E-state index < -0.39 is 0 Å². The number of nitrogens with one attached hydrogen (secondary N) is 1. The number of thioether (sulfide) groups is 1. The lowest BCUT2D eigenvalue weighted by Gasteiger charge is -2.17. The lowest BCUT2D eigenvalue weighted by molar-refractivity contribution is 0.604. The molecule has 1 heterocycles. The van der Waals surface area contributed by atoms with E-state index in [0.717, 1.165) is 11.4 Å². The first-order chi connectivity index (χ1) is 7.38. The van der Waals surface area contributed by atoms with Crippen LogP contribution in [-0.4, -0.2) is 15.6 Å². The third-order valence-corrected chi connectivity index (χ3v) is 3.23. The molecule has 0 unspecified atom stereocenters. The van der Waals surface area contributed by atoms with Crippen molar-refractivity contribution in [1.29, 1.82) is 0 Å². The van der Waals surface area contributed by atoms with Crippen molar-refractivity contribution in [3.8, 4) is 0 Å². The van der Waals surface area contributed by atoms with Crippen molar-refractivity contribution >= 4 is 11.8 Å². The van der Waals surface area contributed by atoms with Crippen molar-refractivity contribution < 1.29 is 4.39 Å². The summed E-state index contributed by atoms with van der Waals surface area (Å²) in [6.07, 6.45) is 1.72. The quantitative estimate of drug-likeness (QED) is 0.648. The summed E-state index contributed by atoms with van der Waals surface area (Å²) in [5.74, 6) is 0.627. The molecule has 4 heteroatoms. The van der Waals surface area contributed by atoms with Gasteiger partial charge >= 0.3 is 0 Å². The van der Waals surface area contributed by atoms with E-state index in [-0.39, 0.29) is 10.6 Å². The molecule has 1 aromatic heterocycles. The molecule has 90 valence electrons. The van der Waals surface area contributed by atoms with Crippen molar-refractivity contribution in [2.75, 3.05) is 5.88 Å². The van der Waals surface area contributed by atoms with Gasteiger partial charge in [-0.3, -0.25) is 4.98 Å². The first-order valence-electron chi connectivity index (χ1n) is 5.34. The molecule has 0 saturated heterocycles. The summed E-state index contributed by atoms with van der Waals surface area (Å²) in [7, 11) is 0. The molecular weight excluding hydrogens is 223 g/mol. The standard InChI is InChI=1S/C12H19FN2S/c1-9-11(13)5-10(7-15-9)6-14-8-16-12(2,3)4/h5,7,14H,6,8H2,1-4H3. The van der Waals surface area contributed by atoms with Gasteiger partial charge in [-0.25, -0.2) is 4.39 Å². The Morgan fingerprint density at radius 3 is 2.69 bits per heavy atom. The van der Waals surface area contributed by atoms with Crippen molar-refractivity contribution in [3.63, 3.8) is 0 Å². The topological polar surface area (TPSA) is 24.9 Å². The number of aryl methyl sites for hydroxylation is 1. The first kappa shape index (κ1) is 13.5. The summed E-state index contributed by atoms with van der Waals surface area (Å²) in [5.41, 5.74) is 1.34. The molecule has 0 amide bonds. The van der Waals surface area contributed by atoms with Gasteiger partial charge in [-0.05, 0) is 18.6 Å². The van der Waals surface area contributed by atoms with E-state index >= 15 is 0 Å². The van der Waals surface area contributed by atoms with Gasteiger partial charge < -0.3 is 5.32 Å². The molecule has 16 heavy (non-hydrogen) atoms. The van der Waals surface area contributed by atoms with Gasteiger partial charge in [0.15, 0.2) is 0 Å². The van der Waals surface area contributed by atoms with Gasteiger partial charge in [-0.15, -0.1) is 11.8 Å². The predicted molar refractivity (Wildman–Crippen MR) is 68.0 cm³/mol. The summed E-state index contributed by atoms with van der Waals surface area (Å²) < 4.78 is 13.4. The molecule has 0 spiro atoms. The average molecular weight is 242 g/mol. The maximum absolute atomic E-state index is 13.2. The van der Waals surface area contributed by atoms with Crippen LogP contribution in [0.1, 0.15) is 32.0 Å². The molecule has 0 aliphatic carbocycles. The summed E-state index contributed by atoms with van der Waals surface area (Å²) in [6, 6.07) is 1.54. The third kappa shape index (κ3) is 4.94. The lowest BCUT2D eigenvalue weighted by Crippen LogP contribution is -2.18. The van der Waals surface area contributed by atoms with Crippen LogP contribution < -0.4 is 5.32 Å². The number of hydrogen-bond acceptors (Lipinski definition) is 3. The van der Waals surface area contributed by atoms with Gasteiger partial charge in [-0.2, -0.15) is 0 Å². The summed E-state index contributed by atoms with van der Waals surface area (Å²) in [6.45, 7) is 8.85. The highest BCUT2D eigenvalue weighted by molar-refractivity contribution is 8.00. The van der Waals surface area contributed by atoms with Crippen molar-refractivity contribution in [2.45, 2.75) is 39.0 Å². The minimum atomic E-state index is -0.234. The molecule has 1 N–H and O–H groups in total. The molecule has 0 bridgehead atoms. The largest absolute Gasteiger partial charge is 0.304 e. The zero-order valence-corrected chi connectivity index (χ0v) is 11.1. The van der Waals surface area contributed by atoms with Crippen LogP contribution in [0.2, 0.25) is 0 Å². The highest BCUT2D eigenvalue weighted by atomic mass is 32.2. The maximum atomic E-state index is 13.2. The molecule has 0 saturated carbocycles. The predicted octanol–water partition coefficient (Wildman–Crippen LogP) is 3.11. The van der Waals surface area contributed by atoms with Gasteiger partial charge in [0.1, 0.15) is 5.82 Å². The molecule has 0 fully saturated rings. The Bertz CT molecular complexity index is 347. The summed E-state index contributed by atoms with van der Waals surface area (Å²) in [5, 5.41) is 3.26. The van der Waals surface area contributed by atoms with Crippen LogP contribution in [0.4, 0.5) is 4.39 Å². The molecular formula is C12H19FN2S. The second-order valence-corrected chi connectivity index (χ2v) is 6.54. The smallest absolute Gasteiger partial charge is 0.144 e. The van der Waals surface area contributed by atoms with E-state index in [9.17, 15) is 4.39 Å². The van der Waals surface area contributed by atoms with Crippen LogP contribution in [0, 0.1) is 12.7 Å². The van der Waals surface area contributed by atoms with Crippen LogP contribution in [0.25, 0.3) is 0 Å². The second kappa shape index (κ2) is 5.64. The Kier molecular flexibility index (Phi) is 4.74.